The maximum absolute atomic E-state index is 13.5. The molecule has 1 aromatic carbocycles. The Morgan fingerprint density at radius 3 is 2.42 bits per heavy atom. The molecule has 10 heteroatoms. The molecule has 0 amide bonds. The van der Waals surface area contributed by atoms with Crippen molar-refractivity contribution in [2.45, 2.75) is 36.8 Å². The molecule has 0 atom stereocenters. The van der Waals surface area contributed by atoms with Crippen LogP contribution in [0.2, 0.25) is 0 Å². The lowest BCUT2D eigenvalue weighted by atomic mass is 8.93. The average molecular weight is 465 g/mol. The minimum absolute atomic E-state index is 0.0595. The Labute approximate surface area is 190 Å². The van der Waals surface area contributed by atoms with E-state index < -0.39 is 15.6 Å². The maximum atomic E-state index is 13.5. The van der Waals surface area contributed by atoms with Gasteiger partial charge in [0.05, 0.1) is 22.4 Å². The Morgan fingerprint density at radius 1 is 1.12 bits per heavy atom. The van der Waals surface area contributed by atoms with E-state index in [4.69, 9.17) is 5.73 Å². The smallest absolute Gasteiger partial charge is 0.241 e. The summed E-state index contributed by atoms with van der Waals surface area (Å²) in [5.74, 6) is 2.89. The van der Waals surface area contributed by atoms with Crippen molar-refractivity contribution >= 4 is 21.5 Å². The van der Waals surface area contributed by atoms with E-state index in [0.717, 1.165) is 11.1 Å². The average Bonchev–Trinajstić information content (AvgIpc) is 3.18. The number of aromatic nitrogens is 4. The number of nitrogens with zero attached hydrogens (tertiary/aromatic N) is 4. The highest BCUT2D eigenvalue weighted by molar-refractivity contribution is 7.89. The number of sulfonamides is 1. The SMILES string of the molecule is Cc1ccc(S(=O)(=O)NC23C4C5C2C2C3C4C52C(C)(C)O)cc1-c1cnc2c(N)ncnn12. The van der Waals surface area contributed by atoms with Gasteiger partial charge < -0.3 is 10.8 Å². The molecule has 4 N–H and O–H groups in total. The second kappa shape index (κ2) is 4.94. The normalized spacial score (nSPS) is 40.8. The number of nitrogens with one attached hydrogen (secondary N) is 1. The molecule has 33 heavy (non-hydrogen) atoms. The predicted molar refractivity (Wildman–Crippen MR) is 118 cm³/mol. The number of hydrogen-bond acceptors (Lipinski definition) is 7. The van der Waals surface area contributed by atoms with E-state index in [-0.39, 0.29) is 21.7 Å². The van der Waals surface area contributed by atoms with Crippen molar-refractivity contribution in [2.75, 3.05) is 5.73 Å². The van der Waals surface area contributed by atoms with Crippen LogP contribution in [0.5, 0.6) is 0 Å². The summed E-state index contributed by atoms with van der Waals surface area (Å²) < 4.78 is 31.7. The van der Waals surface area contributed by atoms with Crippen LogP contribution < -0.4 is 10.5 Å². The molecule has 0 spiro atoms. The summed E-state index contributed by atoms with van der Waals surface area (Å²) in [5, 5.41) is 15.0. The molecular weight excluding hydrogens is 440 g/mol. The van der Waals surface area contributed by atoms with Crippen molar-refractivity contribution in [1.29, 1.82) is 0 Å². The van der Waals surface area contributed by atoms with E-state index in [0.29, 0.717) is 46.8 Å². The van der Waals surface area contributed by atoms with Gasteiger partial charge in [-0.3, -0.25) is 0 Å². The lowest BCUT2D eigenvalue weighted by molar-refractivity contribution is -0.644. The Morgan fingerprint density at radius 2 is 1.79 bits per heavy atom. The molecule has 6 saturated carbocycles. The van der Waals surface area contributed by atoms with Crippen molar-refractivity contribution in [1.82, 2.24) is 24.3 Å². The molecule has 0 bridgehead atoms. The van der Waals surface area contributed by atoms with E-state index in [2.05, 4.69) is 19.8 Å². The van der Waals surface area contributed by atoms with Crippen molar-refractivity contribution in [3.8, 4) is 11.3 Å². The van der Waals surface area contributed by atoms with E-state index in [9.17, 15) is 13.5 Å². The largest absolute Gasteiger partial charge is 0.390 e. The first-order chi connectivity index (χ1) is 15.6. The molecule has 6 aliphatic carbocycles. The number of benzene rings is 1. The Balaban J connectivity index is 1.14. The van der Waals surface area contributed by atoms with Crippen LogP contribution in [0, 0.1) is 47.8 Å². The minimum Gasteiger partial charge on any atom is -0.390 e. The van der Waals surface area contributed by atoms with E-state index in [1.807, 2.05) is 26.8 Å². The van der Waals surface area contributed by atoms with Gasteiger partial charge in [-0.1, -0.05) is 6.07 Å². The summed E-state index contributed by atoms with van der Waals surface area (Å²) in [4.78, 5) is 8.52. The predicted octanol–water partition coefficient (Wildman–Crippen LogP) is 1.22. The van der Waals surface area contributed by atoms with Gasteiger partial charge in [0.15, 0.2) is 11.5 Å². The Hall–Kier alpha value is -2.56. The number of aliphatic hydroxyl groups is 1. The molecule has 0 unspecified atom stereocenters. The van der Waals surface area contributed by atoms with Crippen LogP contribution in [0.4, 0.5) is 5.82 Å². The Bertz CT molecular complexity index is 1480. The number of nitrogens with two attached hydrogens (primary N) is 1. The number of aryl methyl sites for hydroxylation is 1. The number of imidazole rings is 1. The summed E-state index contributed by atoms with van der Waals surface area (Å²) in [5.41, 5.74) is 7.77. The molecule has 170 valence electrons. The van der Waals surface area contributed by atoms with Gasteiger partial charge in [0.1, 0.15) is 6.33 Å². The van der Waals surface area contributed by atoms with Gasteiger partial charge in [0.25, 0.3) is 0 Å². The fraction of sp³-hybridized carbons (Fsp3) is 0.522. The lowest BCUT2D eigenvalue weighted by Crippen LogP contribution is -3.17. The van der Waals surface area contributed by atoms with Crippen LogP contribution >= 0.6 is 0 Å². The second-order valence-corrected chi connectivity index (χ2v) is 12.9. The fourth-order valence-corrected chi connectivity index (χ4v) is 10.8. The molecule has 9 nitrogen and oxygen atoms in total. The van der Waals surface area contributed by atoms with Gasteiger partial charge in [-0.05, 0) is 74.0 Å². The number of nitrogen functional groups attached to an aromatic ring is 1. The van der Waals surface area contributed by atoms with Crippen LogP contribution in [0.15, 0.2) is 35.6 Å². The highest BCUT2D eigenvalue weighted by atomic mass is 32.2. The van der Waals surface area contributed by atoms with Crippen molar-refractivity contribution in [3.63, 3.8) is 0 Å². The molecule has 2 aromatic heterocycles. The first-order valence-electron chi connectivity index (χ1n) is 11.4. The molecule has 0 saturated heterocycles. The first-order valence-corrected chi connectivity index (χ1v) is 12.9. The zero-order valence-electron chi connectivity index (χ0n) is 18.4. The fourth-order valence-electron chi connectivity index (χ4n) is 9.31. The van der Waals surface area contributed by atoms with Crippen LogP contribution in [0.25, 0.3) is 16.9 Å². The zero-order valence-corrected chi connectivity index (χ0v) is 19.2. The number of fused-ring (bicyclic) bond motifs is 1. The van der Waals surface area contributed by atoms with Gasteiger partial charge in [-0.2, -0.15) is 5.10 Å². The molecular formula is C23H24N6O3S. The van der Waals surface area contributed by atoms with Gasteiger partial charge in [0.2, 0.25) is 10.0 Å². The molecule has 6 aliphatic rings. The standard InChI is InChI=1S/C23H24N6O3S/c1-9-4-5-10(6-11(9)12-7-25-20-19(24)26-8-27-29(12)20)33(31,32)28-23-16-13-17(23)15-18(23)14(16)22(13,15)21(2,3)30/h4-8,13-18,28,30H,1-3H3,(H2,24,26,27). The molecule has 6 fully saturated rings. The maximum Gasteiger partial charge on any atom is 0.241 e. The lowest BCUT2D eigenvalue weighted by Gasteiger charge is -3.12. The number of hydrogen-bond donors (Lipinski definition) is 3. The topological polar surface area (TPSA) is 136 Å². The summed E-state index contributed by atoms with van der Waals surface area (Å²) in [6.45, 7) is 5.78. The number of rotatable bonds is 5. The highest BCUT2D eigenvalue weighted by Crippen LogP contribution is 3.08. The first kappa shape index (κ1) is 18.8. The summed E-state index contributed by atoms with van der Waals surface area (Å²) >= 11 is 0. The molecule has 2 heterocycles. The van der Waals surface area contributed by atoms with Crippen molar-refractivity contribution in [3.05, 3.63) is 36.3 Å². The summed E-state index contributed by atoms with van der Waals surface area (Å²) in [6, 6.07) is 5.17. The van der Waals surface area contributed by atoms with E-state index >= 15 is 0 Å². The molecule has 9 rings (SSSR count). The van der Waals surface area contributed by atoms with Gasteiger partial charge in [-0.15, -0.1) is 0 Å². The van der Waals surface area contributed by atoms with Crippen LogP contribution in [0.1, 0.15) is 19.4 Å². The van der Waals surface area contributed by atoms with Crippen LogP contribution in [-0.2, 0) is 10.0 Å². The Kier molecular flexibility index (Phi) is 2.82. The molecule has 3 aromatic rings. The third-order valence-electron chi connectivity index (χ3n) is 10.1. The monoisotopic (exact) mass is 464 g/mol. The van der Waals surface area contributed by atoms with E-state index in [1.165, 1.54) is 6.33 Å². The van der Waals surface area contributed by atoms with Crippen LogP contribution in [-0.4, -0.2) is 44.2 Å². The van der Waals surface area contributed by atoms with Gasteiger partial charge >= 0.3 is 0 Å². The van der Waals surface area contributed by atoms with Gasteiger partial charge in [0, 0.05) is 16.5 Å². The van der Waals surface area contributed by atoms with Crippen LogP contribution in [0.3, 0.4) is 0 Å². The highest BCUT2D eigenvalue weighted by Gasteiger charge is 3.11. The number of anilines is 1. The quantitative estimate of drug-likeness (QED) is 0.517. The molecule has 0 radical (unpaired) electrons. The third-order valence-corrected chi connectivity index (χ3v) is 11.6. The second-order valence-electron chi connectivity index (χ2n) is 11.2. The summed E-state index contributed by atoms with van der Waals surface area (Å²) in [6.07, 6.45) is 3.00. The van der Waals surface area contributed by atoms with Crippen molar-refractivity contribution < 1.29 is 13.5 Å². The zero-order chi connectivity index (χ0) is 22.9. The molecule has 0 aliphatic heterocycles. The summed E-state index contributed by atoms with van der Waals surface area (Å²) in [7, 11) is -3.70. The van der Waals surface area contributed by atoms with Gasteiger partial charge in [-0.25, -0.2) is 27.6 Å². The third kappa shape index (κ3) is 1.58. The minimum atomic E-state index is -3.70. The van der Waals surface area contributed by atoms with E-state index in [1.54, 1.807) is 22.8 Å². The van der Waals surface area contributed by atoms with Crippen molar-refractivity contribution in [2.24, 2.45) is 40.9 Å².